The van der Waals surface area contributed by atoms with E-state index >= 15 is 0 Å². The third kappa shape index (κ3) is 3.77. The Morgan fingerprint density at radius 2 is 2.00 bits per heavy atom. The third-order valence-corrected chi connectivity index (χ3v) is 8.64. The highest BCUT2D eigenvalue weighted by Gasteiger charge is 2.79. The van der Waals surface area contributed by atoms with Crippen molar-refractivity contribution in [1.82, 2.24) is 9.80 Å². The van der Waals surface area contributed by atoms with Crippen LogP contribution in [-0.2, 0) is 23.9 Å². The number of nitrogens with zero attached hydrogens (tertiary/aromatic N) is 2. The molecule has 0 aromatic carbocycles. The molecule has 1 spiro atoms. The van der Waals surface area contributed by atoms with Crippen LogP contribution in [0.4, 0.5) is 0 Å². The Kier molecular flexibility index (Phi) is 7.38. The maximum Gasteiger partial charge on any atom is 0.312 e. The minimum atomic E-state index is -1.04. The quantitative estimate of drug-likeness (QED) is 0.384. The molecule has 1 N–H and O–H groups in total. The van der Waals surface area contributed by atoms with Gasteiger partial charge in [0.25, 0.3) is 0 Å². The van der Waals surface area contributed by atoms with Gasteiger partial charge in [-0.2, -0.15) is 0 Å². The summed E-state index contributed by atoms with van der Waals surface area (Å²) in [6.45, 7) is 8.44. The van der Waals surface area contributed by atoms with E-state index in [9.17, 15) is 19.5 Å². The van der Waals surface area contributed by atoms with Gasteiger partial charge in [-0.05, 0) is 45.4 Å². The Labute approximate surface area is 202 Å². The van der Waals surface area contributed by atoms with Crippen molar-refractivity contribution in [2.24, 2.45) is 11.8 Å². The standard InChI is InChI=1S/C26H40N2O6/c1-4-15-27(18-11-8-7-9-12-18)23(31)21-26-14-13-25(5-2,34-26)20(24(32)33-6-3)19(26)22(30)28(21)16-10-17-29/h4,18-21,29H,1,5-17H2,2-3H3/t19-,20+,21?,25-,26?/m0/s1. The van der Waals surface area contributed by atoms with Crippen LogP contribution in [-0.4, -0.2) is 82.3 Å². The van der Waals surface area contributed by atoms with Gasteiger partial charge in [0.15, 0.2) is 0 Å². The molecule has 4 rings (SSSR count). The number of carbonyl (C=O) groups excluding carboxylic acids is 3. The highest BCUT2D eigenvalue weighted by molar-refractivity contribution is 5.98. The van der Waals surface area contributed by atoms with Gasteiger partial charge in [0, 0.05) is 25.7 Å². The minimum absolute atomic E-state index is 0.0809. The molecule has 4 fully saturated rings. The molecule has 3 heterocycles. The molecule has 2 unspecified atom stereocenters. The molecule has 34 heavy (non-hydrogen) atoms. The number of carbonyl (C=O) groups is 3. The number of aliphatic hydroxyl groups is 1. The minimum Gasteiger partial charge on any atom is -0.466 e. The summed E-state index contributed by atoms with van der Waals surface area (Å²) in [5.74, 6) is -2.19. The van der Waals surface area contributed by atoms with E-state index in [1.165, 1.54) is 6.42 Å². The molecule has 0 aromatic rings. The van der Waals surface area contributed by atoms with Crippen LogP contribution in [0.15, 0.2) is 12.7 Å². The maximum absolute atomic E-state index is 14.3. The predicted molar refractivity (Wildman–Crippen MR) is 126 cm³/mol. The summed E-state index contributed by atoms with van der Waals surface area (Å²) in [7, 11) is 0. The zero-order valence-corrected chi connectivity index (χ0v) is 20.7. The SMILES string of the molecule is C=CCN(C(=O)C1N(CCCO)C(=O)[C@@H]2[C@H](C(=O)OCC)[C@]3(CC)CCC12O3)C1CCCCC1. The van der Waals surface area contributed by atoms with Crippen LogP contribution < -0.4 is 0 Å². The molecule has 8 nitrogen and oxygen atoms in total. The predicted octanol–water partition coefficient (Wildman–Crippen LogP) is 2.43. The molecule has 5 atom stereocenters. The summed E-state index contributed by atoms with van der Waals surface area (Å²) in [5, 5.41) is 9.50. The van der Waals surface area contributed by atoms with Crippen LogP contribution in [0.1, 0.15) is 71.6 Å². The number of amides is 2. The zero-order chi connectivity index (χ0) is 24.5. The highest BCUT2D eigenvalue weighted by atomic mass is 16.6. The normalized spacial score (nSPS) is 34.9. The summed E-state index contributed by atoms with van der Waals surface area (Å²) in [6.07, 6.45) is 9.10. The van der Waals surface area contributed by atoms with E-state index < -0.39 is 35.0 Å². The highest BCUT2D eigenvalue weighted by Crippen LogP contribution is 2.64. The number of likely N-dealkylation sites (tertiary alicyclic amines) is 1. The van der Waals surface area contributed by atoms with Crippen LogP contribution in [0.2, 0.25) is 0 Å². The molecule has 3 saturated heterocycles. The van der Waals surface area contributed by atoms with Crippen molar-refractivity contribution in [3.63, 3.8) is 0 Å². The van der Waals surface area contributed by atoms with E-state index in [0.29, 0.717) is 32.2 Å². The van der Waals surface area contributed by atoms with Gasteiger partial charge < -0.3 is 24.4 Å². The summed E-state index contributed by atoms with van der Waals surface area (Å²) in [5.41, 5.74) is -1.81. The largest absolute Gasteiger partial charge is 0.466 e. The first-order valence-corrected chi connectivity index (χ1v) is 13.1. The molecule has 2 amide bonds. The average molecular weight is 477 g/mol. The lowest BCUT2D eigenvalue weighted by Gasteiger charge is -2.40. The van der Waals surface area contributed by atoms with Crippen LogP contribution in [0.3, 0.4) is 0 Å². The van der Waals surface area contributed by atoms with Crippen molar-refractivity contribution in [1.29, 1.82) is 0 Å². The van der Waals surface area contributed by atoms with E-state index in [2.05, 4.69) is 6.58 Å². The molecule has 190 valence electrons. The first-order chi connectivity index (χ1) is 16.4. The van der Waals surface area contributed by atoms with Crippen LogP contribution >= 0.6 is 0 Å². The van der Waals surface area contributed by atoms with Gasteiger partial charge in [-0.25, -0.2) is 0 Å². The number of rotatable bonds is 10. The van der Waals surface area contributed by atoms with Crippen molar-refractivity contribution >= 4 is 17.8 Å². The molecule has 3 aliphatic heterocycles. The monoisotopic (exact) mass is 476 g/mol. The zero-order valence-electron chi connectivity index (χ0n) is 20.7. The molecule has 8 heteroatoms. The van der Waals surface area contributed by atoms with Gasteiger partial charge >= 0.3 is 5.97 Å². The molecular weight excluding hydrogens is 436 g/mol. The molecular formula is C26H40N2O6. The van der Waals surface area contributed by atoms with E-state index in [1.54, 1.807) is 17.9 Å². The second-order valence-corrected chi connectivity index (χ2v) is 10.3. The molecule has 0 aromatic heterocycles. The van der Waals surface area contributed by atoms with Gasteiger partial charge in [0.05, 0.1) is 18.1 Å². The second kappa shape index (κ2) is 9.97. The molecule has 1 aliphatic carbocycles. The Morgan fingerprint density at radius 3 is 2.62 bits per heavy atom. The van der Waals surface area contributed by atoms with Crippen molar-refractivity contribution in [2.45, 2.75) is 94.9 Å². The summed E-state index contributed by atoms with van der Waals surface area (Å²) in [6, 6.07) is -0.685. The number of hydrogen-bond donors (Lipinski definition) is 1. The van der Waals surface area contributed by atoms with Crippen molar-refractivity contribution in [3.8, 4) is 0 Å². The lowest BCUT2D eigenvalue weighted by molar-refractivity contribution is -0.162. The Bertz CT molecular complexity index is 811. The lowest BCUT2D eigenvalue weighted by atomic mass is 9.65. The topological polar surface area (TPSA) is 96.4 Å². The van der Waals surface area contributed by atoms with E-state index in [0.717, 1.165) is 25.7 Å². The van der Waals surface area contributed by atoms with Crippen molar-refractivity contribution in [2.75, 3.05) is 26.3 Å². The number of aliphatic hydroxyl groups excluding tert-OH is 1. The fourth-order valence-electron chi connectivity index (χ4n) is 7.18. The Hall–Kier alpha value is -1.93. The smallest absolute Gasteiger partial charge is 0.312 e. The van der Waals surface area contributed by atoms with Crippen LogP contribution in [0, 0.1) is 11.8 Å². The second-order valence-electron chi connectivity index (χ2n) is 10.3. The summed E-state index contributed by atoms with van der Waals surface area (Å²) in [4.78, 5) is 44.8. The van der Waals surface area contributed by atoms with Crippen LogP contribution in [0.5, 0.6) is 0 Å². The number of hydrogen-bond acceptors (Lipinski definition) is 6. The fourth-order valence-corrected chi connectivity index (χ4v) is 7.18. The number of fused-ring (bicyclic) bond motifs is 1. The Balaban J connectivity index is 1.75. The van der Waals surface area contributed by atoms with Crippen molar-refractivity contribution in [3.05, 3.63) is 12.7 Å². The molecule has 4 aliphatic rings. The first kappa shape index (κ1) is 25.2. The Morgan fingerprint density at radius 1 is 1.26 bits per heavy atom. The van der Waals surface area contributed by atoms with Gasteiger partial charge in [0.2, 0.25) is 11.8 Å². The van der Waals surface area contributed by atoms with Crippen molar-refractivity contribution < 1.29 is 29.0 Å². The van der Waals surface area contributed by atoms with Gasteiger partial charge in [0.1, 0.15) is 17.6 Å². The molecule has 2 bridgehead atoms. The van der Waals surface area contributed by atoms with E-state index in [1.807, 2.05) is 11.8 Å². The summed E-state index contributed by atoms with van der Waals surface area (Å²) >= 11 is 0. The molecule has 0 radical (unpaired) electrons. The number of ether oxygens (including phenoxy) is 2. The lowest BCUT2D eigenvalue weighted by Crippen LogP contribution is -2.58. The van der Waals surface area contributed by atoms with Gasteiger partial charge in [-0.1, -0.05) is 32.3 Å². The van der Waals surface area contributed by atoms with E-state index in [4.69, 9.17) is 9.47 Å². The first-order valence-electron chi connectivity index (χ1n) is 13.1. The average Bonchev–Trinajstić information content (AvgIpc) is 3.45. The number of esters is 1. The third-order valence-electron chi connectivity index (χ3n) is 8.64. The van der Waals surface area contributed by atoms with Gasteiger partial charge in [-0.3, -0.25) is 14.4 Å². The van der Waals surface area contributed by atoms with E-state index in [-0.39, 0.29) is 37.6 Å². The maximum atomic E-state index is 14.3. The molecule has 1 saturated carbocycles. The fraction of sp³-hybridized carbons (Fsp3) is 0.808. The van der Waals surface area contributed by atoms with Gasteiger partial charge in [-0.15, -0.1) is 6.58 Å². The van der Waals surface area contributed by atoms with Crippen LogP contribution in [0.25, 0.3) is 0 Å². The summed E-state index contributed by atoms with van der Waals surface area (Å²) < 4.78 is 12.1.